The first kappa shape index (κ1) is 17.2. The van der Waals surface area contributed by atoms with Crippen LogP contribution in [0.1, 0.15) is 56.4 Å². The van der Waals surface area contributed by atoms with Crippen LogP contribution in [-0.2, 0) is 22.8 Å². The molecule has 0 N–H and O–H groups in total. The van der Waals surface area contributed by atoms with Gasteiger partial charge in [0.05, 0.1) is 23.8 Å². The van der Waals surface area contributed by atoms with Gasteiger partial charge in [0.15, 0.2) is 5.75 Å². The van der Waals surface area contributed by atoms with Gasteiger partial charge in [0.25, 0.3) is 0 Å². The van der Waals surface area contributed by atoms with E-state index in [-0.39, 0.29) is 5.60 Å². The highest BCUT2D eigenvalue weighted by Crippen LogP contribution is 2.45. The Hall–Kier alpha value is -1.58. The standard InChI is InChI=1S/C20H24ClNO2/c1-3-4-8-11-20(2)17-13-22-18(12-21)19(16(17)14-23-20)24-15-9-6-5-7-10-15/h5-7,9-10,13H,3-4,8,11-12,14H2,1-2H3. The van der Waals surface area contributed by atoms with Gasteiger partial charge in [-0.3, -0.25) is 4.98 Å². The smallest absolute Gasteiger partial charge is 0.156 e. The summed E-state index contributed by atoms with van der Waals surface area (Å²) in [6.45, 7) is 4.92. The van der Waals surface area contributed by atoms with Crippen molar-refractivity contribution in [1.29, 1.82) is 0 Å². The fourth-order valence-corrected chi connectivity index (χ4v) is 3.42. The van der Waals surface area contributed by atoms with Crippen molar-refractivity contribution in [2.24, 2.45) is 0 Å². The number of benzene rings is 1. The number of hydrogen-bond acceptors (Lipinski definition) is 3. The minimum Gasteiger partial charge on any atom is -0.455 e. The lowest BCUT2D eigenvalue weighted by molar-refractivity contribution is -0.0314. The molecule has 0 radical (unpaired) electrons. The van der Waals surface area contributed by atoms with E-state index in [1.807, 2.05) is 36.5 Å². The Morgan fingerprint density at radius 1 is 1.25 bits per heavy atom. The van der Waals surface area contributed by atoms with Gasteiger partial charge in [-0.05, 0) is 25.5 Å². The Morgan fingerprint density at radius 3 is 2.75 bits per heavy atom. The van der Waals surface area contributed by atoms with Gasteiger partial charge < -0.3 is 9.47 Å². The first-order valence-corrected chi connectivity index (χ1v) is 9.15. The van der Waals surface area contributed by atoms with Crippen LogP contribution < -0.4 is 4.74 Å². The lowest BCUT2D eigenvalue weighted by Crippen LogP contribution is -2.20. The lowest BCUT2D eigenvalue weighted by atomic mass is 9.90. The van der Waals surface area contributed by atoms with Gasteiger partial charge in [-0.1, -0.05) is 44.4 Å². The molecule has 1 aliphatic rings. The normalized spacial score (nSPS) is 19.3. The predicted molar refractivity (Wildman–Crippen MR) is 96.6 cm³/mol. The van der Waals surface area contributed by atoms with E-state index in [2.05, 4.69) is 18.8 Å². The van der Waals surface area contributed by atoms with Crippen LogP contribution in [0.3, 0.4) is 0 Å². The first-order valence-electron chi connectivity index (χ1n) is 8.62. The van der Waals surface area contributed by atoms with Crippen molar-refractivity contribution in [2.75, 3.05) is 0 Å². The van der Waals surface area contributed by atoms with Crippen molar-refractivity contribution >= 4 is 11.6 Å². The average Bonchev–Trinajstić information content (AvgIpc) is 2.94. The van der Waals surface area contributed by atoms with Gasteiger partial charge in [-0.25, -0.2) is 0 Å². The Kier molecular flexibility index (Phi) is 5.42. The molecule has 0 aliphatic carbocycles. The number of hydrogen-bond donors (Lipinski definition) is 0. The number of ether oxygens (including phenoxy) is 2. The van der Waals surface area contributed by atoms with Gasteiger partial charge in [-0.15, -0.1) is 11.6 Å². The van der Waals surface area contributed by atoms with Crippen LogP contribution in [0.15, 0.2) is 36.5 Å². The zero-order valence-corrected chi connectivity index (χ0v) is 15.1. The number of nitrogens with zero attached hydrogens (tertiary/aromatic N) is 1. The number of pyridine rings is 1. The number of unbranched alkanes of at least 4 members (excludes halogenated alkanes) is 2. The topological polar surface area (TPSA) is 31.4 Å². The van der Waals surface area contributed by atoms with Crippen molar-refractivity contribution in [2.45, 2.75) is 57.6 Å². The number of para-hydroxylation sites is 1. The predicted octanol–water partition coefficient (Wildman–Crippen LogP) is 5.94. The number of aromatic nitrogens is 1. The number of halogens is 1. The summed E-state index contributed by atoms with van der Waals surface area (Å²) in [5.41, 5.74) is 2.71. The van der Waals surface area contributed by atoms with Crippen LogP contribution in [0.2, 0.25) is 0 Å². The molecular formula is C20H24ClNO2. The van der Waals surface area contributed by atoms with Crippen LogP contribution in [0, 0.1) is 0 Å². The molecule has 1 aromatic carbocycles. The van der Waals surface area contributed by atoms with Crippen LogP contribution >= 0.6 is 11.6 Å². The maximum absolute atomic E-state index is 6.17. The SMILES string of the molecule is CCCCCC1(C)OCc2c1cnc(CCl)c2Oc1ccccc1. The third kappa shape index (κ3) is 3.42. The Balaban J connectivity index is 1.93. The Labute approximate surface area is 149 Å². The van der Waals surface area contributed by atoms with Crippen LogP contribution in [0.25, 0.3) is 0 Å². The van der Waals surface area contributed by atoms with E-state index >= 15 is 0 Å². The summed E-state index contributed by atoms with van der Waals surface area (Å²) in [5, 5.41) is 0. The summed E-state index contributed by atoms with van der Waals surface area (Å²) in [5.74, 6) is 1.87. The summed E-state index contributed by atoms with van der Waals surface area (Å²) >= 11 is 6.09. The molecule has 4 heteroatoms. The highest BCUT2D eigenvalue weighted by atomic mass is 35.5. The van der Waals surface area contributed by atoms with Gasteiger partial charge >= 0.3 is 0 Å². The summed E-state index contributed by atoms with van der Waals surface area (Å²) in [6.07, 6.45) is 6.49. The van der Waals surface area contributed by atoms with E-state index < -0.39 is 0 Å². The van der Waals surface area contributed by atoms with E-state index in [1.165, 1.54) is 12.8 Å². The molecule has 0 bridgehead atoms. The second kappa shape index (κ2) is 7.54. The third-order valence-corrected chi connectivity index (χ3v) is 4.92. The Morgan fingerprint density at radius 2 is 2.04 bits per heavy atom. The molecule has 128 valence electrons. The molecule has 2 aromatic rings. The Bertz CT molecular complexity index is 690. The van der Waals surface area contributed by atoms with Gasteiger partial charge in [0, 0.05) is 17.3 Å². The molecular weight excluding hydrogens is 322 g/mol. The molecule has 0 saturated heterocycles. The van der Waals surface area contributed by atoms with Gasteiger partial charge in [-0.2, -0.15) is 0 Å². The maximum Gasteiger partial charge on any atom is 0.156 e. The minimum atomic E-state index is -0.281. The zero-order chi connectivity index (χ0) is 17.0. The highest BCUT2D eigenvalue weighted by molar-refractivity contribution is 6.17. The molecule has 24 heavy (non-hydrogen) atoms. The molecule has 3 nitrogen and oxygen atoms in total. The second-order valence-electron chi connectivity index (χ2n) is 6.45. The molecule has 0 amide bonds. The molecule has 1 aliphatic heterocycles. The summed E-state index contributed by atoms with van der Waals surface area (Å²) in [4.78, 5) is 4.55. The van der Waals surface area contributed by atoms with Crippen LogP contribution in [0.5, 0.6) is 11.5 Å². The molecule has 1 atom stereocenters. The second-order valence-corrected chi connectivity index (χ2v) is 6.72. The van der Waals surface area contributed by atoms with Crippen molar-refractivity contribution in [3.63, 3.8) is 0 Å². The molecule has 0 fully saturated rings. The number of fused-ring (bicyclic) bond motifs is 1. The van der Waals surface area contributed by atoms with Crippen molar-refractivity contribution in [3.05, 3.63) is 53.3 Å². The maximum atomic E-state index is 6.17. The number of rotatable bonds is 7. The molecule has 0 spiro atoms. The van der Waals surface area contributed by atoms with E-state index in [0.29, 0.717) is 12.5 Å². The number of alkyl halides is 1. The van der Waals surface area contributed by atoms with E-state index in [0.717, 1.165) is 41.2 Å². The van der Waals surface area contributed by atoms with Crippen molar-refractivity contribution in [1.82, 2.24) is 4.98 Å². The van der Waals surface area contributed by atoms with Crippen LogP contribution in [0.4, 0.5) is 0 Å². The summed E-state index contributed by atoms with van der Waals surface area (Å²) in [7, 11) is 0. The quantitative estimate of drug-likeness (QED) is 0.459. The molecule has 3 rings (SSSR count). The summed E-state index contributed by atoms with van der Waals surface area (Å²) < 4.78 is 12.3. The van der Waals surface area contributed by atoms with E-state index in [1.54, 1.807) is 0 Å². The van der Waals surface area contributed by atoms with Gasteiger partial charge in [0.1, 0.15) is 5.75 Å². The molecule has 1 unspecified atom stereocenters. The van der Waals surface area contributed by atoms with E-state index in [9.17, 15) is 0 Å². The van der Waals surface area contributed by atoms with Crippen molar-refractivity contribution in [3.8, 4) is 11.5 Å². The highest BCUT2D eigenvalue weighted by Gasteiger charge is 2.38. The molecule has 2 heterocycles. The zero-order valence-electron chi connectivity index (χ0n) is 14.3. The van der Waals surface area contributed by atoms with Crippen LogP contribution in [-0.4, -0.2) is 4.98 Å². The fourth-order valence-electron chi connectivity index (χ4n) is 3.22. The minimum absolute atomic E-state index is 0.281. The first-order chi connectivity index (χ1) is 11.7. The van der Waals surface area contributed by atoms with E-state index in [4.69, 9.17) is 21.1 Å². The van der Waals surface area contributed by atoms with Crippen molar-refractivity contribution < 1.29 is 9.47 Å². The monoisotopic (exact) mass is 345 g/mol. The fraction of sp³-hybridized carbons (Fsp3) is 0.450. The summed E-state index contributed by atoms with van der Waals surface area (Å²) in [6, 6.07) is 9.76. The largest absolute Gasteiger partial charge is 0.455 e. The molecule has 0 saturated carbocycles. The molecule has 1 aromatic heterocycles. The lowest BCUT2D eigenvalue weighted by Gasteiger charge is -2.24. The van der Waals surface area contributed by atoms with Gasteiger partial charge in [0.2, 0.25) is 0 Å². The average molecular weight is 346 g/mol. The third-order valence-electron chi connectivity index (χ3n) is 4.66.